The van der Waals surface area contributed by atoms with E-state index in [1.807, 2.05) is 41.0 Å². The lowest BCUT2D eigenvalue weighted by atomic mass is 9.95. The number of hydrogen-bond acceptors (Lipinski definition) is 4. The van der Waals surface area contributed by atoms with Crippen molar-refractivity contribution >= 4 is 17.9 Å². The van der Waals surface area contributed by atoms with Crippen LogP contribution in [0.5, 0.6) is 11.5 Å². The molecule has 2 aliphatic heterocycles. The normalized spacial score (nSPS) is 17.5. The summed E-state index contributed by atoms with van der Waals surface area (Å²) in [6.07, 6.45) is 8.10. The molecule has 0 saturated carbocycles. The van der Waals surface area contributed by atoms with E-state index < -0.39 is 0 Å². The largest absolute Gasteiger partial charge is 0.490 e. The van der Waals surface area contributed by atoms with Gasteiger partial charge in [-0.1, -0.05) is 13.0 Å². The number of ether oxygens (including phenoxy) is 2. The minimum atomic E-state index is -0.00802. The molecule has 1 aromatic rings. The Kier molecular flexibility index (Phi) is 8.17. The van der Waals surface area contributed by atoms with Gasteiger partial charge in [-0.05, 0) is 62.8 Å². The van der Waals surface area contributed by atoms with Crippen LogP contribution in [0.25, 0.3) is 6.08 Å². The lowest BCUT2D eigenvalue weighted by Crippen LogP contribution is -2.43. The standard InChI is InChI=1S/C24H34N2O4/c1-3-17-30-21-9-7-19(18-22(21)29-4-2)8-10-23(27)25-15-11-20(12-16-25)24(28)26-13-5-6-14-26/h7-10,18,20H,3-6,11-17H2,1-2H3/b10-8+. The van der Waals surface area contributed by atoms with E-state index in [1.54, 1.807) is 6.08 Å². The van der Waals surface area contributed by atoms with Crippen LogP contribution in [0.2, 0.25) is 0 Å². The molecule has 164 valence electrons. The van der Waals surface area contributed by atoms with Crippen molar-refractivity contribution in [3.8, 4) is 11.5 Å². The zero-order valence-corrected chi connectivity index (χ0v) is 18.3. The molecule has 0 spiro atoms. The van der Waals surface area contributed by atoms with Gasteiger partial charge in [0.15, 0.2) is 11.5 Å². The summed E-state index contributed by atoms with van der Waals surface area (Å²) in [6.45, 7) is 8.27. The van der Waals surface area contributed by atoms with Crippen LogP contribution in [0.15, 0.2) is 24.3 Å². The highest BCUT2D eigenvalue weighted by molar-refractivity contribution is 5.92. The summed E-state index contributed by atoms with van der Waals surface area (Å²) in [7, 11) is 0. The quantitative estimate of drug-likeness (QED) is 0.608. The molecule has 0 aromatic heterocycles. The molecule has 0 bridgehead atoms. The third kappa shape index (κ3) is 5.77. The van der Waals surface area contributed by atoms with Crippen molar-refractivity contribution in [2.75, 3.05) is 39.4 Å². The summed E-state index contributed by atoms with van der Waals surface area (Å²) >= 11 is 0. The van der Waals surface area contributed by atoms with Crippen LogP contribution < -0.4 is 9.47 Å². The maximum absolute atomic E-state index is 12.6. The highest BCUT2D eigenvalue weighted by Crippen LogP contribution is 2.29. The smallest absolute Gasteiger partial charge is 0.246 e. The first-order chi connectivity index (χ1) is 14.6. The van der Waals surface area contributed by atoms with Crippen molar-refractivity contribution in [1.82, 2.24) is 9.80 Å². The van der Waals surface area contributed by atoms with Crippen LogP contribution in [0, 0.1) is 5.92 Å². The van der Waals surface area contributed by atoms with E-state index in [-0.39, 0.29) is 17.7 Å². The molecule has 30 heavy (non-hydrogen) atoms. The summed E-state index contributed by atoms with van der Waals surface area (Å²) in [6, 6.07) is 5.72. The summed E-state index contributed by atoms with van der Waals surface area (Å²) in [5.74, 6) is 1.77. The number of piperidine rings is 1. The molecule has 0 N–H and O–H groups in total. The van der Waals surface area contributed by atoms with E-state index in [1.165, 1.54) is 0 Å². The van der Waals surface area contributed by atoms with E-state index in [4.69, 9.17) is 9.47 Å². The van der Waals surface area contributed by atoms with E-state index in [2.05, 4.69) is 6.92 Å². The molecule has 1 aromatic carbocycles. The van der Waals surface area contributed by atoms with Crippen molar-refractivity contribution in [1.29, 1.82) is 0 Å². The van der Waals surface area contributed by atoms with Gasteiger partial charge in [0.2, 0.25) is 11.8 Å². The molecular weight excluding hydrogens is 380 g/mol. The Balaban J connectivity index is 1.54. The van der Waals surface area contributed by atoms with Gasteiger partial charge in [-0.3, -0.25) is 9.59 Å². The van der Waals surface area contributed by atoms with Crippen molar-refractivity contribution in [3.05, 3.63) is 29.8 Å². The summed E-state index contributed by atoms with van der Waals surface area (Å²) in [5.41, 5.74) is 0.898. The highest BCUT2D eigenvalue weighted by atomic mass is 16.5. The third-order valence-electron chi connectivity index (χ3n) is 5.72. The van der Waals surface area contributed by atoms with E-state index in [0.29, 0.717) is 32.1 Å². The van der Waals surface area contributed by atoms with Gasteiger partial charge in [0.05, 0.1) is 13.2 Å². The van der Waals surface area contributed by atoms with Gasteiger partial charge in [-0.2, -0.15) is 0 Å². The molecule has 2 heterocycles. The minimum Gasteiger partial charge on any atom is -0.490 e. The zero-order chi connectivity index (χ0) is 21.3. The number of amides is 2. The molecule has 0 unspecified atom stereocenters. The van der Waals surface area contributed by atoms with Crippen LogP contribution >= 0.6 is 0 Å². The van der Waals surface area contributed by atoms with Gasteiger partial charge in [-0.25, -0.2) is 0 Å². The molecule has 2 aliphatic rings. The molecule has 2 amide bonds. The van der Waals surface area contributed by atoms with Gasteiger partial charge in [0, 0.05) is 38.2 Å². The summed E-state index contributed by atoms with van der Waals surface area (Å²) in [5, 5.41) is 0. The minimum absolute atomic E-state index is 0.00802. The highest BCUT2D eigenvalue weighted by Gasteiger charge is 2.30. The Hall–Kier alpha value is -2.50. The summed E-state index contributed by atoms with van der Waals surface area (Å²) in [4.78, 5) is 29.0. The SMILES string of the molecule is CCCOc1ccc(/C=C/C(=O)N2CCC(C(=O)N3CCCC3)CC2)cc1OCC. The fourth-order valence-corrected chi connectivity index (χ4v) is 4.04. The molecule has 2 saturated heterocycles. The Bertz CT molecular complexity index is 748. The number of carbonyl (C=O) groups is 2. The fraction of sp³-hybridized carbons (Fsp3) is 0.583. The maximum atomic E-state index is 12.6. The lowest BCUT2D eigenvalue weighted by Gasteiger charge is -2.32. The number of benzene rings is 1. The second-order valence-electron chi connectivity index (χ2n) is 7.95. The first kappa shape index (κ1) is 22.2. The molecular formula is C24H34N2O4. The fourth-order valence-electron chi connectivity index (χ4n) is 4.04. The molecule has 0 radical (unpaired) electrons. The predicted octanol–water partition coefficient (Wildman–Crippen LogP) is 3.75. The Morgan fingerprint density at radius 2 is 1.73 bits per heavy atom. The lowest BCUT2D eigenvalue weighted by molar-refractivity contribution is -0.138. The van der Waals surface area contributed by atoms with Crippen molar-refractivity contribution < 1.29 is 19.1 Å². The van der Waals surface area contributed by atoms with Crippen LogP contribution in [0.1, 0.15) is 51.5 Å². The van der Waals surface area contributed by atoms with Gasteiger partial charge >= 0.3 is 0 Å². The second-order valence-corrected chi connectivity index (χ2v) is 7.95. The number of nitrogens with zero attached hydrogens (tertiary/aromatic N) is 2. The topological polar surface area (TPSA) is 59.1 Å². The first-order valence-corrected chi connectivity index (χ1v) is 11.3. The van der Waals surface area contributed by atoms with Crippen LogP contribution in [0.3, 0.4) is 0 Å². The average Bonchev–Trinajstić information content (AvgIpc) is 3.31. The van der Waals surface area contributed by atoms with Crippen molar-refractivity contribution in [3.63, 3.8) is 0 Å². The van der Waals surface area contributed by atoms with Gasteiger partial charge in [-0.15, -0.1) is 0 Å². The number of hydrogen-bond donors (Lipinski definition) is 0. The summed E-state index contributed by atoms with van der Waals surface area (Å²) < 4.78 is 11.4. The number of carbonyl (C=O) groups excluding carboxylic acids is 2. The molecule has 2 fully saturated rings. The predicted molar refractivity (Wildman–Crippen MR) is 118 cm³/mol. The van der Waals surface area contributed by atoms with E-state index in [0.717, 1.165) is 56.5 Å². The van der Waals surface area contributed by atoms with Crippen LogP contribution in [-0.4, -0.2) is 61.0 Å². The second kappa shape index (κ2) is 11.0. The number of likely N-dealkylation sites (tertiary alicyclic amines) is 2. The molecule has 0 aliphatic carbocycles. The molecule has 3 rings (SSSR count). The van der Waals surface area contributed by atoms with E-state index in [9.17, 15) is 9.59 Å². The molecule has 6 heteroatoms. The van der Waals surface area contributed by atoms with Gasteiger partial charge in [0.25, 0.3) is 0 Å². The van der Waals surface area contributed by atoms with Crippen molar-refractivity contribution in [2.45, 2.75) is 46.0 Å². The third-order valence-corrected chi connectivity index (χ3v) is 5.72. The number of rotatable bonds is 8. The van der Waals surface area contributed by atoms with Gasteiger partial charge in [0.1, 0.15) is 0 Å². The Morgan fingerprint density at radius 1 is 1.00 bits per heavy atom. The first-order valence-electron chi connectivity index (χ1n) is 11.3. The van der Waals surface area contributed by atoms with Crippen molar-refractivity contribution in [2.24, 2.45) is 5.92 Å². The maximum Gasteiger partial charge on any atom is 0.246 e. The average molecular weight is 415 g/mol. The Labute approximate surface area is 179 Å². The molecule has 0 atom stereocenters. The van der Waals surface area contributed by atoms with Gasteiger partial charge < -0.3 is 19.3 Å². The van der Waals surface area contributed by atoms with Crippen LogP contribution in [-0.2, 0) is 9.59 Å². The monoisotopic (exact) mass is 414 g/mol. The molecule has 6 nitrogen and oxygen atoms in total. The Morgan fingerprint density at radius 3 is 2.40 bits per heavy atom. The van der Waals surface area contributed by atoms with Crippen LogP contribution in [0.4, 0.5) is 0 Å². The zero-order valence-electron chi connectivity index (χ0n) is 18.3. The van der Waals surface area contributed by atoms with E-state index >= 15 is 0 Å².